The number of ether oxygens (including phenoxy) is 2. The maximum absolute atomic E-state index is 12.0. The summed E-state index contributed by atoms with van der Waals surface area (Å²) in [6, 6.07) is 13.0. The van der Waals surface area contributed by atoms with Crippen molar-refractivity contribution in [3.63, 3.8) is 0 Å². The topological polar surface area (TPSA) is 111 Å². The van der Waals surface area contributed by atoms with Crippen molar-refractivity contribution in [2.75, 3.05) is 23.8 Å². The number of carbonyl (C=O) groups is 4. The SMILES string of the molecule is CCOC(=O)c1ccc(NC(=O)CCCC(=O)OCC(=O)Nc2ccccc2Cl)cc1. The average Bonchev–Trinajstić information content (AvgIpc) is 2.74. The largest absolute Gasteiger partial charge is 0.462 e. The first-order valence-corrected chi connectivity index (χ1v) is 10.0. The predicted octanol–water partition coefficient (Wildman–Crippen LogP) is 3.81. The van der Waals surface area contributed by atoms with E-state index in [4.69, 9.17) is 21.1 Å². The molecule has 8 nitrogen and oxygen atoms in total. The molecule has 0 aromatic heterocycles. The lowest BCUT2D eigenvalue weighted by atomic mass is 10.2. The number of esters is 2. The van der Waals surface area contributed by atoms with Crippen molar-refractivity contribution >= 4 is 46.7 Å². The summed E-state index contributed by atoms with van der Waals surface area (Å²) in [5, 5.41) is 5.60. The highest BCUT2D eigenvalue weighted by atomic mass is 35.5. The summed E-state index contributed by atoms with van der Waals surface area (Å²) < 4.78 is 9.79. The third-order valence-corrected chi connectivity index (χ3v) is 4.31. The van der Waals surface area contributed by atoms with Gasteiger partial charge in [-0.2, -0.15) is 0 Å². The summed E-state index contributed by atoms with van der Waals surface area (Å²) in [6.45, 7) is 1.56. The normalized spacial score (nSPS) is 10.1. The van der Waals surface area contributed by atoms with E-state index < -0.39 is 24.5 Å². The summed E-state index contributed by atoms with van der Waals surface area (Å²) in [7, 11) is 0. The van der Waals surface area contributed by atoms with Gasteiger partial charge in [0.25, 0.3) is 5.91 Å². The Morgan fingerprint density at radius 2 is 1.58 bits per heavy atom. The molecule has 0 saturated heterocycles. The van der Waals surface area contributed by atoms with Gasteiger partial charge in [-0.15, -0.1) is 0 Å². The van der Waals surface area contributed by atoms with Crippen LogP contribution in [-0.4, -0.2) is 37.0 Å². The number of carbonyl (C=O) groups excluding carboxylic acids is 4. The molecule has 2 rings (SSSR count). The van der Waals surface area contributed by atoms with Crippen molar-refractivity contribution in [2.45, 2.75) is 26.2 Å². The number of para-hydroxylation sites is 1. The smallest absolute Gasteiger partial charge is 0.338 e. The first-order valence-electron chi connectivity index (χ1n) is 9.66. The minimum absolute atomic E-state index is 0.00537. The third-order valence-electron chi connectivity index (χ3n) is 3.98. The Hall–Kier alpha value is -3.39. The summed E-state index contributed by atoms with van der Waals surface area (Å²) in [5.74, 6) is -1.81. The second-order valence-corrected chi connectivity index (χ2v) is 6.80. The molecule has 0 radical (unpaired) electrons. The van der Waals surface area contributed by atoms with Crippen LogP contribution in [0.1, 0.15) is 36.5 Å². The molecule has 0 unspecified atom stereocenters. The van der Waals surface area contributed by atoms with Gasteiger partial charge in [0.2, 0.25) is 5.91 Å². The van der Waals surface area contributed by atoms with Gasteiger partial charge in [0.1, 0.15) is 0 Å². The minimum atomic E-state index is -0.583. The highest BCUT2D eigenvalue weighted by Crippen LogP contribution is 2.20. The standard InChI is InChI=1S/C22H23ClN2O6/c1-2-30-22(29)15-10-12-16(13-11-15)24-19(26)8-5-9-21(28)31-14-20(27)25-18-7-4-3-6-17(18)23/h3-4,6-7,10-13H,2,5,8-9,14H2,1H3,(H,24,26)(H,25,27). The lowest BCUT2D eigenvalue weighted by Crippen LogP contribution is -2.21. The van der Waals surface area contributed by atoms with Crippen molar-refractivity contribution in [3.8, 4) is 0 Å². The number of benzene rings is 2. The fourth-order valence-electron chi connectivity index (χ4n) is 2.49. The third kappa shape index (κ3) is 8.47. The fraction of sp³-hybridized carbons (Fsp3) is 0.273. The van der Waals surface area contributed by atoms with Crippen LogP contribution in [0.2, 0.25) is 5.02 Å². The van der Waals surface area contributed by atoms with Crippen molar-refractivity contribution < 1.29 is 28.7 Å². The molecule has 0 spiro atoms. The summed E-state index contributed by atoms with van der Waals surface area (Å²) in [5.41, 5.74) is 1.34. The lowest BCUT2D eigenvalue weighted by Gasteiger charge is -2.08. The Morgan fingerprint density at radius 3 is 2.26 bits per heavy atom. The highest BCUT2D eigenvalue weighted by molar-refractivity contribution is 6.33. The zero-order valence-corrected chi connectivity index (χ0v) is 17.7. The van der Waals surface area contributed by atoms with Crippen LogP contribution < -0.4 is 10.6 Å². The first kappa shape index (κ1) is 23.9. The van der Waals surface area contributed by atoms with E-state index in [0.717, 1.165) is 0 Å². The Morgan fingerprint density at radius 1 is 0.871 bits per heavy atom. The predicted molar refractivity (Wildman–Crippen MR) is 116 cm³/mol. The fourth-order valence-corrected chi connectivity index (χ4v) is 2.67. The van der Waals surface area contributed by atoms with Crippen LogP contribution in [0.3, 0.4) is 0 Å². The van der Waals surface area contributed by atoms with Crippen molar-refractivity contribution in [3.05, 3.63) is 59.1 Å². The molecular formula is C22H23ClN2O6. The van der Waals surface area contributed by atoms with E-state index in [0.29, 0.717) is 22.0 Å². The van der Waals surface area contributed by atoms with Crippen molar-refractivity contribution in [1.82, 2.24) is 0 Å². The van der Waals surface area contributed by atoms with Gasteiger partial charge in [-0.3, -0.25) is 14.4 Å². The molecule has 31 heavy (non-hydrogen) atoms. The van der Waals surface area contributed by atoms with E-state index >= 15 is 0 Å². The molecule has 0 heterocycles. The van der Waals surface area contributed by atoms with Gasteiger partial charge in [0, 0.05) is 18.5 Å². The Labute approximate surface area is 184 Å². The second-order valence-electron chi connectivity index (χ2n) is 6.39. The highest BCUT2D eigenvalue weighted by Gasteiger charge is 2.11. The zero-order chi connectivity index (χ0) is 22.6. The first-order chi connectivity index (χ1) is 14.9. The lowest BCUT2D eigenvalue weighted by molar-refractivity contribution is -0.147. The van der Waals surface area contributed by atoms with Crippen molar-refractivity contribution in [2.24, 2.45) is 0 Å². The van der Waals surface area contributed by atoms with Crippen LogP contribution in [0.25, 0.3) is 0 Å². The molecule has 164 valence electrons. The summed E-state index contributed by atoms with van der Waals surface area (Å²) in [6.07, 6.45) is 0.354. The van der Waals surface area contributed by atoms with E-state index in [1.54, 1.807) is 55.5 Å². The van der Waals surface area contributed by atoms with Crippen LogP contribution in [0.4, 0.5) is 11.4 Å². The molecule has 2 N–H and O–H groups in total. The molecule has 2 aromatic rings. The Kier molecular flexibility index (Phi) is 9.51. The van der Waals surface area contributed by atoms with Gasteiger partial charge in [-0.25, -0.2) is 4.79 Å². The van der Waals surface area contributed by atoms with Gasteiger partial charge in [0.05, 0.1) is 22.9 Å². The Balaban J connectivity index is 1.65. The molecule has 0 atom stereocenters. The molecule has 2 aromatic carbocycles. The van der Waals surface area contributed by atoms with Crippen LogP contribution in [0.15, 0.2) is 48.5 Å². The van der Waals surface area contributed by atoms with Gasteiger partial charge >= 0.3 is 11.9 Å². The van der Waals surface area contributed by atoms with Crippen LogP contribution in [0.5, 0.6) is 0 Å². The average molecular weight is 447 g/mol. The number of hydrogen-bond acceptors (Lipinski definition) is 6. The van der Waals surface area contributed by atoms with Gasteiger partial charge in [-0.1, -0.05) is 23.7 Å². The number of rotatable bonds is 10. The molecule has 0 aliphatic carbocycles. The monoisotopic (exact) mass is 446 g/mol. The maximum atomic E-state index is 12.0. The quantitative estimate of drug-likeness (QED) is 0.537. The van der Waals surface area contributed by atoms with Crippen LogP contribution >= 0.6 is 11.6 Å². The minimum Gasteiger partial charge on any atom is -0.462 e. The Bertz CT molecular complexity index is 930. The molecule has 0 fully saturated rings. The van der Waals surface area contributed by atoms with Crippen LogP contribution in [-0.2, 0) is 23.9 Å². The number of halogens is 1. The van der Waals surface area contributed by atoms with E-state index in [1.807, 2.05) is 0 Å². The van der Waals surface area contributed by atoms with E-state index in [1.165, 1.54) is 0 Å². The number of amides is 2. The van der Waals surface area contributed by atoms with Crippen LogP contribution in [0, 0.1) is 0 Å². The number of nitrogens with one attached hydrogen (secondary N) is 2. The zero-order valence-electron chi connectivity index (χ0n) is 17.0. The molecule has 0 aliphatic heterocycles. The van der Waals surface area contributed by atoms with Gasteiger partial charge < -0.3 is 20.1 Å². The second kappa shape index (κ2) is 12.3. The van der Waals surface area contributed by atoms with Crippen molar-refractivity contribution in [1.29, 1.82) is 0 Å². The van der Waals surface area contributed by atoms with E-state index in [2.05, 4.69) is 10.6 Å². The number of hydrogen-bond donors (Lipinski definition) is 2. The molecule has 0 bridgehead atoms. The molecule has 2 amide bonds. The van der Waals surface area contributed by atoms with E-state index in [9.17, 15) is 19.2 Å². The van der Waals surface area contributed by atoms with E-state index in [-0.39, 0.29) is 31.8 Å². The summed E-state index contributed by atoms with van der Waals surface area (Å²) in [4.78, 5) is 47.2. The number of anilines is 2. The molecule has 9 heteroatoms. The molecular weight excluding hydrogens is 424 g/mol. The van der Waals surface area contributed by atoms with Gasteiger partial charge in [-0.05, 0) is 49.7 Å². The summed E-state index contributed by atoms with van der Waals surface area (Å²) >= 11 is 5.94. The maximum Gasteiger partial charge on any atom is 0.338 e. The molecule has 0 saturated carbocycles. The van der Waals surface area contributed by atoms with Gasteiger partial charge in [0.15, 0.2) is 6.61 Å². The molecule has 0 aliphatic rings.